The number of hydrogen-bond donors (Lipinski definition) is 0. The van der Waals surface area contributed by atoms with E-state index >= 15 is 0 Å². The Labute approximate surface area is 128 Å². The minimum Gasteiger partial charge on any atom is -0.464 e. The van der Waals surface area contributed by atoms with Gasteiger partial charge in [0.2, 0.25) is 0 Å². The molecule has 2 aromatic heterocycles. The van der Waals surface area contributed by atoms with E-state index in [0.717, 1.165) is 30.1 Å². The summed E-state index contributed by atoms with van der Waals surface area (Å²) in [6.07, 6.45) is 3.62. The molecule has 1 aliphatic carbocycles. The number of amides is 1. The van der Waals surface area contributed by atoms with Crippen molar-refractivity contribution in [3.05, 3.63) is 52.2 Å². The van der Waals surface area contributed by atoms with Crippen molar-refractivity contribution >= 4 is 17.5 Å². The van der Waals surface area contributed by atoms with Gasteiger partial charge >= 0.3 is 0 Å². The zero-order chi connectivity index (χ0) is 15.0. The Morgan fingerprint density at radius 2 is 2.19 bits per heavy atom. The van der Waals surface area contributed by atoms with Gasteiger partial charge in [0.1, 0.15) is 11.5 Å². The highest BCUT2D eigenvalue weighted by Gasteiger charge is 2.34. The fourth-order valence-corrected chi connectivity index (χ4v) is 2.62. The number of pyridine rings is 1. The van der Waals surface area contributed by atoms with Gasteiger partial charge in [-0.2, -0.15) is 0 Å². The van der Waals surface area contributed by atoms with Crippen LogP contribution in [0.1, 0.15) is 40.4 Å². The molecule has 0 aliphatic heterocycles. The number of rotatable bonds is 4. The van der Waals surface area contributed by atoms with Gasteiger partial charge in [0.25, 0.3) is 5.91 Å². The van der Waals surface area contributed by atoms with Crippen LogP contribution in [0.2, 0.25) is 5.02 Å². The lowest BCUT2D eigenvalue weighted by atomic mass is 10.2. The zero-order valence-electron chi connectivity index (χ0n) is 12.1. The van der Waals surface area contributed by atoms with Crippen LogP contribution in [0, 0.1) is 13.8 Å². The second kappa shape index (κ2) is 5.53. The predicted octanol–water partition coefficient (Wildman–Crippen LogP) is 3.75. The first-order valence-electron chi connectivity index (χ1n) is 7.03. The number of carbonyl (C=O) groups is 1. The molecule has 1 saturated carbocycles. The molecule has 21 heavy (non-hydrogen) atoms. The molecule has 0 N–H and O–H groups in total. The fourth-order valence-electron chi connectivity index (χ4n) is 2.33. The molecular formula is C16H17ClN2O2. The number of aromatic nitrogens is 1. The summed E-state index contributed by atoms with van der Waals surface area (Å²) in [7, 11) is 0. The maximum Gasteiger partial charge on any atom is 0.257 e. The van der Waals surface area contributed by atoms with Gasteiger partial charge in [-0.1, -0.05) is 11.6 Å². The fraction of sp³-hybridized carbons (Fsp3) is 0.375. The third kappa shape index (κ3) is 3.10. The van der Waals surface area contributed by atoms with Gasteiger partial charge in [-0.15, -0.1) is 0 Å². The third-order valence-electron chi connectivity index (χ3n) is 3.59. The molecule has 1 aliphatic rings. The number of nitrogens with zero attached hydrogens (tertiary/aromatic N) is 2. The first-order valence-corrected chi connectivity index (χ1v) is 7.41. The molecule has 3 rings (SSSR count). The molecule has 2 aromatic rings. The summed E-state index contributed by atoms with van der Waals surface area (Å²) < 4.78 is 5.58. The molecular weight excluding hydrogens is 288 g/mol. The SMILES string of the molecule is Cc1cc(Cl)c(C(=O)N(Cc2ccc(C)o2)C2CC2)cn1. The predicted molar refractivity (Wildman–Crippen MR) is 80.3 cm³/mol. The molecule has 1 amide bonds. The summed E-state index contributed by atoms with van der Waals surface area (Å²) in [6.45, 7) is 4.22. The maximum atomic E-state index is 12.7. The monoisotopic (exact) mass is 304 g/mol. The van der Waals surface area contributed by atoms with E-state index in [9.17, 15) is 4.79 Å². The molecule has 0 radical (unpaired) electrons. The lowest BCUT2D eigenvalue weighted by molar-refractivity contribution is 0.0716. The maximum absolute atomic E-state index is 12.7. The van der Waals surface area contributed by atoms with E-state index in [1.165, 1.54) is 0 Å². The molecule has 2 heterocycles. The average Bonchev–Trinajstić information content (AvgIpc) is 3.19. The first kappa shape index (κ1) is 14.1. The number of hydrogen-bond acceptors (Lipinski definition) is 3. The molecule has 110 valence electrons. The van der Waals surface area contributed by atoms with Crippen LogP contribution < -0.4 is 0 Å². The van der Waals surface area contributed by atoms with E-state index in [1.807, 2.05) is 30.9 Å². The minimum atomic E-state index is -0.0796. The Hall–Kier alpha value is -1.81. The Morgan fingerprint density at radius 3 is 2.76 bits per heavy atom. The number of furan rings is 1. The van der Waals surface area contributed by atoms with Crippen LogP contribution in [0.15, 0.2) is 28.8 Å². The lowest BCUT2D eigenvalue weighted by Gasteiger charge is -2.21. The highest BCUT2D eigenvalue weighted by molar-refractivity contribution is 6.33. The van der Waals surface area contributed by atoms with Crippen LogP contribution in [0.25, 0.3) is 0 Å². The highest BCUT2D eigenvalue weighted by atomic mass is 35.5. The molecule has 0 bridgehead atoms. The Bertz CT molecular complexity index is 677. The van der Waals surface area contributed by atoms with Gasteiger partial charge in [0.05, 0.1) is 17.1 Å². The summed E-state index contributed by atoms with van der Waals surface area (Å²) in [5.74, 6) is 1.57. The summed E-state index contributed by atoms with van der Waals surface area (Å²) in [5, 5.41) is 0.453. The highest BCUT2D eigenvalue weighted by Crippen LogP contribution is 2.31. The van der Waals surface area contributed by atoms with Crippen LogP contribution in [0.5, 0.6) is 0 Å². The van der Waals surface area contributed by atoms with E-state index in [0.29, 0.717) is 17.1 Å². The largest absolute Gasteiger partial charge is 0.464 e. The molecule has 0 spiro atoms. The summed E-state index contributed by atoms with van der Waals surface area (Å²) in [6, 6.07) is 5.81. The normalized spacial score (nSPS) is 14.2. The lowest BCUT2D eigenvalue weighted by Crippen LogP contribution is -2.32. The topological polar surface area (TPSA) is 46.3 Å². The van der Waals surface area contributed by atoms with Crippen molar-refractivity contribution in [2.45, 2.75) is 39.3 Å². The van der Waals surface area contributed by atoms with Crippen molar-refractivity contribution in [1.82, 2.24) is 9.88 Å². The standard InChI is InChI=1S/C16H17ClN2O2/c1-10-7-15(17)14(8-18-10)16(20)19(12-4-5-12)9-13-6-3-11(2)21-13/h3,6-8,12H,4-5,9H2,1-2H3. The summed E-state index contributed by atoms with van der Waals surface area (Å²) >= 11 is 6.19. The van der Waals surface area contributed by atoms with Gasteiger partial charge in [0.15, 0.2) is 0 Å². The molecule has 0 aromatic carbocycles. The Morgan fingerprint density at radius 1 is 1.43 bits per heavy atom. The van der Waals surface area contributed by atoms with Gasteiger partial charge in [-0.25, -0.2) is 0 Å². The van der Waals surface area contributed by atoms with E-state index < -0.39 is 0 Å². The quantitative estimate of drug-likeness (QED) is 0.864. The van der Waals surface area contributed by atoms with Crippen LogP contribution in [-0.4, -0.2) is 21.8 Å². The van der Waals surface area contributed by atoms with Crippen molar-refractivity contribution in [1.29, 1.82) is 0 Å². The van der Waals surface area contributed by atoms with Crippen LogP contribution in [-0.2, 0) is 6.54 Å². The van der Waals surface area contributed by atoms with Gasteiger partial charge in [-0.3, -0.25) is 9.78 Å². The molecule has 0 unspecified atom stereocenters. The summed E-state index contributed by atoms with van der Waals surface area (Å²) in [5.41, 5.74) is 1.26. The number of carbonyl (C=O) groups excluding carboxylic acids is 1. The van der Waals surface area contributed by atoms with Crippen LogP contribution in [0.3, 0.4) is 0 Å². The third-order valence-corrected chi connectivity index (χ3v) is 3.90. The van der Waals surface area contributed by atoms with Crippen molar-refractivity contribution in [2.24, 2.45) is 0 Å². The van der Waals surface area contributed by atoms with Crippen molar-refractivity contribution in [3.8, 4) is 0 Å². The van der Waals surface area contributed by atoms with E-state index in [4.69, 9.17) is 16.0 Å². The second-order valence-corrected chi connectivity index (χ2v) is 5.89. The molecule has 1 fully saturated rings. The molecule has 4 nitrogen and oxygen atoms in total. The molecule has 0 saturated heterocycles. The van der Waals surface area contributed by atoms with E-state index in [-0.39, 0.29) is 11.9 Å². The summed E-state index contributed by atoms with van der Waals surface area (Å²) in [4.78, 5) is 18.7. The second-order valence-electron chi connectivity index (χ2n) is 5.48. The van der Waals surface area contributed by atoms with Crippen LogP contribution in [0.4, 0.5) is 0 Å². The Balaban J connectivity index is 1.85. The zero-order valence-corrected chi connectivity index (χ0v) is 12.9. The first-order chi connectivity index (χ1) is 10.0. The molecule has 0 atom stereocenters. The van der Waals surface area contributed by atoms with Gasteiger partial charge in [0, 0.05) is 17.9 Å². The van der Waals surface area contributed by atoms with Crippen molar-refractivity contribution in [3.63, 3.8) is 0 Å². The smallest absolute Gasteiger partial charge is 0.257 e. The van der Waals surface area contributed by atoms with E-state index in [2.05, 4.69) is 4.98 Å². The number of aryl methyl sites for hydroxylation is 2. The molecule has 5 heteroatoms. The van der Waals surface area contributed by atoms with Crippen molar-refractivity contribution < 1.29 is 9.21 Å². The van der Waals surface area contributed by atoms with E-state index in [1.54, 1.807) is 12.3 Å². The average molecular weight is 305 g/mol. The minimum absolute atomic E-state index is 0.0796. The van der Waals surface area contributed by atoms with Crippen LogP contribution >= 0.6 is 11.6 Å². The van der Waals surface area contributed by atoms with Crippen molar-refractivity contribution in [2.75, 3.05) is 0 Å². The number of halogens is 1. The van der Waals surface area contributed by atoms with Gasteiger partial charge < -0.3 is 9.32 Å². The van der Waals surface area contributed by atoms with Gasteiger partial charge in [-0.05, 0) is 44.9 Å². The Kier molecular flexibility index (Phi) is 3.72.